The van der Waals surface area contributed by atoms with Crippen molar-refractivity contribution in [1.29, 1.82) is 0 Å². The Morgan fingerprint density at radius 2 is 2.22 bits per heavy atom. The number of nitrogens with two attached hydrogens (primary N) is 1. The van der Waals surface area contributed by atoms with Crippen LogP contribution in [0.5, 0.6) is 0 Å². The second kappa shape index (κ2) is 8.27. The highest BCUT2D eigenvalue weighted by Crippen LogP contribution is 2.15. The van der Waals surface area contributed by atoms with E-state index >= 15 is 0 Å². The van der Waals surface area contributed by atoms with Crippen LogP contribution < -0.4 is 5.73 Å². The summed E-state index contributed by atoms with van der Waals surface area (Å²) in [5.41, 5.74) is 6.91. The Balaban J connectivity index is 2.18. The first-order valence-corrected chi connectivity index (χ1v) is 7.01. The van der Waals surface area contributed by atoms with Crippen molar-refractivity contribution in [3.05, 3.63) is 18.0 Å². The summed E-state index contributed by atoms with van der Waals surface area (Å²) in [4.78, 5) is 2.37. The van der Waals surface area contributed by atoms with Gasteiger partial charge in [-0.25, -0.2) is 0 Å². The topological polar surface area (TPSA) is 47.1 Å². The standard InChI is InChI=1S/C14H28N4/c1-4-13(7-8-15)6-5-9-17(2)11-14-10-16-18(3)12-14/h10,12-13H,4-9,11,15H2,1-3H3. The zero-order valence-corrected chi connectivity index (χ0v) is 12.1. The van der Waals surface area contributed by atoms with Crippen LogP contribution in [-0.2, 0) is 13.6 Å². The zero-order chi connectivity index (χ0) is 13.4. The summed E-state index contributed by atoms with van der Waals surface area (Å²) in [6, 6.07) is 0. The van der Waals surface area contributed by atoms with Crippen molar-refractivity contribution in [3.8, 4) is 0 Å². The number of nitrogens with zero attached hydrogens (tertiary/aromatic N) is 3. The van der Waals surface area contributed by atoms with E-state index < -0.39 is 0 Å². The van der Waals surface area contributed by atoms with Crippen molar-refractivity contribution < 1.29 is 0 Å². The second-order valence-electron chi connectivity index (χ2n) is 5.25. The summed E-state index contributed by atoms with van der Waals surface area (Å²) >= 11 is 0. The van der Waals surface area contributed by atoms with Crippen molar-refractivity contribution in [2.45, 2.75) is 39.2 Å². The fourth-order valence-electron chi connectivity index (χ4n) is 2.38. The molecule has 0 aliphatic rings. The van der Waals surface area contributed by atoms with Gasteiger partial charge in [-0.1, -0.05) is 13.3 Å². The highest BCUT2D eigenvalue weighted by Gasteiger charge is 2.07. The first-order chi connectivity index (χ1) is 8.65. The monoisotopic (exact) mass is 252 g/mol. The predicted molar refractivity (Wildman–Crippen MR) is 76.2 cm³/mol. The van der Waals surface area contributed by atoms with Gasteiger partial charge in [0.05, 0.1) is 6.20 Å². The fourth-order valence-corrected chi connectivity index (χ4v) is 2.38. The van der Waals surface area contributed by atoms with E-state index in [1.165, 1.54) is 31.2 Å². The molecule has 0 fully saturated rings. The van der Waals surface area contributed by atoms with Crippen LogP contribution in [0.4, 0.5) is 0 Å². The third-order valence-electron chi connectivity index (χ3n) is 3.52. The van der Waals surface area contributed by atoms with Gasteiger partial charge in [0.2, 0.25) is 0 Å². The fraction of sp³-hybridized carbons (Fsp3) is 0.786. The quantitative estimate of drug-likeness (QED) is 0.731. The Hall–Kier alpha value is -0.870. The highest BCUT2D eigenvalue weighted by molar-refractivity contribution is 5.02. The zero-order valence-electron chi connectivity index (χ0n) is 12.1. The first kappa shape index (κ1) is 15.2. The predicted octanol–water partition coefficient (Wildman–Crippen LogP) is 2.01. The SMILES string of the molecule is CCC(CCN)CCCN(C)Cc1cnn(C)c1. The van der Waals surface area contributed by atoms with Gasteiger partial charge in [0.1, 0.15) is 0 Å². The molecule has 0 bridgehead atoms. The molecule has 0 radical (unpaired) electrons. The minimum atomic E-state index is 0.807. The van der Waals surface area contributed by atoms with Gasteiger partial charge in [0, 0.05) is 25.4 Å². The third-order valence-corrected chi connectivity index (χ3v) is 3.52. The Kier molecular flexibility index (Phi) is 6.98. The van der Waals surface area contributed by atoms with Crippen LogP contribution in [0.3, 0.4) is 0 Å². The first-order valence-electron chi connectivity index (χ1n) is 7.01. The minimum Gasteiger partial charge on any atom is -0.330 e. The number of hydrogen-bond acceptors (Lipinski definition) is 3. The maximum absolute atomic E-state index is 5.62. The molecule has 104 valence electrons. The van der Waals surface area contributed by atoms with Gasteiger partial charge in [-0.05, 0) is 45.3 Å². The summed E-state index contributed by atoms with van der Waals surface area (Å²) in [6.45, 7) is 5.22. The lowest BCUT2D eigenvalue weighted by Gasteiger charge is -2.18. The highest BCUT2D eigenvalue weighted by atomic mass is 15.2. The van der Waals surface area contributed by atoms with E-state index in [1.807, 2.05) is 17.9 Å². The molecule has 4 nitrogen and oxygen atoms in total. The van der Waals surface area contributed by atoms with Crippen LogP contribution in [0, 0.1) is 5.92 Å². The summed E-state index contributed by atoms with van der Waals surface area (Å²) in [5, 5.41) is 4.19. The lowest BCUT2D eigenvalue weighted by Crippen LogP contribution is -2.20. The Bertz CT molecular complexity index is 321. The van der Waals surface area contributed by atoms with E-state index in [0.29, 0.717) is 0 Å². The summed E-state index contributed by atoms with van der Waals surface area (Å²) in [6.07, 6.45) is 9.01. The lowest BCUT2D eigenvalue weighted by atomic mass is 9.96. The normalized spacial score (nSPS) is 13.2. The van der Waals surface area contributed by atoms with E-state index in [9.17, 15) is 0 Å². The van der Waals surface area contributed by atoms with Gasteiger partial charge in [0.25, 0.3) is 0 Å². The van der Waals surface area contributed by atoms with E-state index in [0.717, 1.165) is 25.6 Å². The summed E-state index contributed by atoms with van der Waals surface area (Å²) < 4.78 is 1.86. The smallest absolute Gasteiger partial charge is 0.0534 e. The molecule has 0 aliphatic heterocycles. The average molecular weight is 252 g/mol. The molecule has 1 aromatic heterocycles. The molecule has 18 heavy (non-hydrogen) atoms. The van der Waals surface area contributed by atoms with Crippen molar-refractivity contribution >= 4 is 0 Å². The van der Waals surface area contributed by atoms with Crippen LogP contribution in [0.1, 0.15) is 38.2 Å². The minimum absolute atomic E-state index is 0.807. The molecule has 0 saturated carbocycles. The van der Waals surface area contributed by atoms with E-state index in [1.54, 1.807) is 0 Å². The van der Waals surface area contributed by atoms with E-state index in [2.05, 4.69) is 30.2 Å². The summed E-state index contributed by atoms with van der Waals surface area (Å²) in [5.74, 6) is 0.807. The summed E-state index contributed by atoms with van der Waals surface area (Å²) in [7, 11) is 4.14. The van der Waals surface area contributed by atoms with Crippen molar-refractivity contribution in [2.75, 3.05) is 20.1 Å². The van der Waals surface area contributed by atoms with E-state index in [-0.39, 0.29) is 0 Å². The molecular weight excluding hydrogens is 224 g/mol. The Morgan fingerprint density at radius 3 is 2.78 bits per heavy atom. The van der Waals surface area contributed by atoms with Gasteiger partial charge < -0.3 is 10.6 Å². The molecule has 0 aromatic carbocycles. The van der Waals surface area contributed by atoms with E-state index in [4.69, 9.17) is 5.73 Å². The molecule has 0 amide bonds. The molecule has 1 atom stereocenters. The molecule has 1 rings (SSSR count). The number of hydrogen-bond donors (Lipinski definition) is 1. The van der Waals surface area contributed by atoms with Gasteiger partial charge >= 0.3 is 0 Å². The average Bonchev–Trinajstić information content (AvgIpc) is 2.73. The molecular formula is C14H28N4. The molecule has 0 spiro atoms. The van der Waals surface area contributed by atoms with Crippen molar-refractivity contribution in [2.24, 2.45) is 18.7 Å². The largest absolute Gasteiger partial charge is 0.330 e. The Labute approximate surface area is 111 Å². The second-order valence-corrected chi connectivity index (χ2v) is 5.25. The molecule has 0 saturated heterocycles. The molecule has 1 aromatic rings. The van der Waals surface area contributed by atoms with Crippen LogP contribution >= 0.6 is 0 Å². The van der Waals surface area contributed by atoms with Crippen molar-refractivity contribution in [1.82, 2.24) is 14.7 Å². The molecule has 1 heterocycles. The lowest BCUT2D eigenvalue weighted by molar-refractivity contribution is 0.300. The van der Waals surface area contributed by atoms with Crippen LogP contribution in [0.25, 0.3) is 0 Å². The Morgan fingerprint density at radius 1 is 1.44 bits per heavy atom. The van der Waals surface area contributed by atoms with Crippen LogP contribution in [-0.4, -0.2) is 34.8 Å². The van der Waals surface area contributed by atoms with Crippen LogP contribution in [0.15, 0.2) is 12.4 Å². The molecule has 1 unspecified atom stereocenters. The maximum atomic E-state index is 5.62. The van der Waals surface area contributed by atoms with Gasteiger partial charge in [0.15, 0.2) is 0 Å². The number of aromatic nitrogens is 2. The van der Waals surface area contributed by atoms with Gasteiger partial charge in [-0.2, -0.15) is 5.10 Å². The van der Waals surface area contributed by atoms with Crippen molar-refractivity contribution in [3.63, 3.8) is 0 Å². The number of aryl methyl sites for hydroxylation is 1. The molecule has 0 aliphatic carbocycles. The molecule has 2 N–H and O–H groups in total. The van der Waals surface area contributed by atoms with Gasteiger partial charge in [-0.15, -0.1) is 0 Å². The maximum Gasteiger partial charge on any atom is 0.0534 e. The van der Waals surface area contributed by atoms with Crippen LogP contribution in [0.2, 0.25) is 0 Å². The molecule has 4 heteroatoms. The van der Waals surface area contributed by atoms with Gasteiger partial charge in [-0.3, -0.25) is 4.68 Å². The third kappa shape index (κ3) is 5.65. The number of rotatable bonds is 9.